The molecular weight excluding hydrogens is 256 g/mol. The maximum absolute atomic E-state index is 11.0. The number of aliphatic hydroxyl groups is 1. The summed E-state index contributed by atoms with van der Waals surface area (Å²) in [5, 5.41) is 19.1. The van der Waals surface area contributed by atoms with Crippen LogP contribution in [0.2, 0.25) is 5.02 Å². The molecule has 0 fully saturated rings. The van der Waals surface area contributed by atoms with Crippen molar-refractivity contribution < 1.29 is 19.7 Å². The molecule has 0 aliphatic rings. The lowest BCUT2D eigenvalue weighted by atomic mass is 9.95. The third kappa shape index (κ3) is 3.62. The van der Waals surface area contributed by atoms with E-state index >= 15 is 0 Å². The van der Waals surface area contributed by atoms with Gasteiger partial charge in [0.1, 0.15) is 12.4 Å². The molecule has 0 bridgehead atoms. The fourth-order valence-electron chi connectivity index (χ4n) is 1.30. The third-order valence-electron chi connectivity index (χ3n) is 2.59. The van der Waals surface area contributed by atoms with Crippen LogP contribution in [0.15, 0.2) is 18.2 Å². The summed E-state index contributed by atoms with van der Waals surface area (Å²) in [4.78, 5) is 11.0. The summed E-state index contributed by atoms with van der Waals surface area (Å²) in [5.74, 6) is -0.487. The van der Waals surface area contributed by atoms with E-state index < -0.39 is 17.5 Å². The second-order valence-corrected chi connectivity index (χ2v) is 5.27. The van der Waals surface area contributed by atoms with Crippen molar-refractivity contribution in [3.8, 4) is 5.75 Å². The maximum atomic E-state index is 11.0. The molecule has 0 radical (unpaired) electrons. The highest BCUT2D eigenvalue weighted by molar-refractivity contribution is 6.30. The number of rotatable bonds is 5. The number of aliphatic hydroxyl groups excluding tert-OH is 1. The first-order valence-electron chi connectivity index (χ1n) is 5.58. The molecule has 1 rings (SSSR count). The largest absolute Gasteiger partial charge is 0.492 e. The van der Waals surface area contributed by atoms with Crippen LogP contribution in [0.25, 0.3) is 0 Å². The summed E-state index contributed by atoms with van der Waals surface area (Å²) < 4.78 is 5.48. The standard InChI is InChI=1S/C13H17ClO4/c1-8(15)10-6-9(14)4-5-11(10)18-7-13(2,3)12(16)17/h4-6,8,15H,7H2,1-3H3,(H,16,17)/t8-/m0/s1. The second-order valence-electron chi connectivity index (χ2n) is 4.84. The molecule has 100 valence electrons. The molecule has 18 heavy (non-hydrogen) atoms. The van der Waals surface area contributed by atoms with Gasteiger partial charge in [0.2, 0.25) is 0 Å². The number of carboxylic acids is 1. The molecule has 0 aromatic heterocycles. The first kappa shape index (κ1) is 14.8. The maximum Gasteiger partial charge on any atom is 0.312 e. The van der Waals surface area contributed by atoms with Crippen LogP contribution in [0.3, 0.4) is 0 Å². The Balaban J connectivity index is 2.88. The molecule has 2 N–H and O–H groups in total. The molecule has 0 heterocycles. The van der Waals surface area contributed by atoms with E-state index in [4.69, 9.17) is 21.4 Å². The lowest BCUT2D eigenvalue weighted by Gasteiger charge is -2.21. The molecule has 0 aliphatic heterocycles. The fourth-order valence-corrected chi connectivity index (χ4v) is 1.48. The molecule has 0 saturated carbocycles. The molecule has 1 atom stereocenters. The number of hydrogen-bond donors (Lipinski definition) is 2. The van der Waals surface area contributed by atoms with Crippen LogP contribution in [0.5, 0.6) is 5.75 Å². The Bertz CT molecular complexity index is 441. The number of hydrogen-bond acceptors (Lipinski definition) is 3. The van der Waals surface area contributed by atoms with Crippen molar-refractivity contribution in [3.63, 3.8) is 0 Å². The molecular formula is C13H17ClO4. The van der Waals surface area contributed by atoms with Gasteiger partial charge < -0.3 is 14.9 Å². The number of ether oxygens (including phenoxy) is 1. The fraction of sp³-hybridized carbons (Fsp3) is 0.462. The molecule has 0 amide bonds. The van der Waals surface area contributed by atoms with Crippen LogP contribution in [0.1, 0.15) is 32.4 Å². The van der Waals surface area contributed by atoms with Crippen molar-refractivity contribution in [2.75, 3.05) is 6.61 Å². The Hall–Kier alpha value is -1.26. The highest BCUT2D eigenvalue weighted by Gasteiger charge is 2.28. The van der Waals surface area contributed by atoms with Gasteiger partial charge in [-0.15, -0.1) is 0 Å². The average Bonchev–Trinajstić information content (AvgIpc) is 2.27. The Kier molecular flexibility index (Phi) is 4.59. The molecule has 0 unspecified atom stereocenters. The number of carbonyl (C=O) groups is 1. The Morgan fingerprint density at radius 3 is 2.61 bits per heavy atom. The topological polar surface area (TPSA) is 66.8 Å². The summed E-state index contributed by atoms with van der Waals surface area (Å²) in [6.07, 6.45) is -0.730. The van der Waals surface area contributed by atoms with Crippen LogP contribution < -0.4 is 4.74 Å². The molecule has 0 spiro atoms. The predicted molar refractivity (Wildman–Crippen MR) is 69.0 cm³/mol. The van der Waals surface area contributed by atoms with E-state index in [1.54, 1.807) is 39.0 Å². The summed E-state index contributed by atoms with van der Waals surface area (Å²) in [6, 6.07) is 4.87. The van der Waals surface area contributed by atoms with Crippen LogP contribution in [-0.4, -0.2) is 22.8 Å². The normalized spacial score (nSPS) is 13.2. The summed E-state index contributed by atoms with van der Waals surface area (Å²) in [7, 11) is 0. The summed E-state index contributed by atoms with van der Waals surface area (Å²) in [5.41, 5.74) is -0.445. The van der Waals surface area contributed by atoms with E-state index in [-0.39, 0.29) is 6.61 Å². The van der Waals surface area contributed by atoms with E-state index in [0.717, 1.165) is 0 Å². The number of carboxylic acid groups (broad SMARTS) is 1. The van der Waals surface area contributed by atoms with Crippen LogP contribution in [-0.2, 0) is 4.79 Å². The zero-order valence-corrected chi connectivity index (χ0v) is 11.4. The van der Waals surface area contributed by atoms with Gasteiger partial charge in [-0.3, -0.25) is 4.79 Å². The average molecular weight is 273 g/mol. The molecule has 1 aromatic carbocycles. The Morgan fingerprint density at radius 2 is 2.11 bits per heavy atom. The number of benzene rings is 1. The summed E-state index contributed by atoms with van der Waals surface area (Å²) in [6.45, 7) is 4.77. The van der Waals surface area contributed by atoms with E-state index in [0.29, 0.717) is 16.3 Å². The van der Waals surface area contributed by atoms with Crippen molar-refractivity contribution in [3.05, 3.63) is 28.8 Å². The zero-order chi connectivity index (χ0) is 13.9. The van der Waals surface area contributed by atoms with Crippen LogP contribution >= 0.6 is 11.6 Å². The first-order chi connectivity index (χ1) is 8.24. The molecule has 5 heteroatoms. The highest BCUT2D eigenvalue weighted by Crippen LogP contribution is 2.29. The first-order valence-corrected chi connectivity index (χ1v) is 5.95. The van der Waals surface area contributed by atoms with Gasteiger partial charge in [0.25, 0.3) is 0 Å². The zero-order valence-electron chi connectivity index (χ0n) is 10.6. The molecule has 0 saturated heterocycles. The van der Waals surface area contributed by atoms with E-state index in [9.17, 15) is 9.90 Å². The second kappa shape index (κ2) is 5.59. The van der Waals surface area contributed by atoms with Crippen molar-refractivity contribution in [1.82, 2.24) is 0 Å². The van der Waals surface area contributed by atoms with Crippen molar-refractivity contribution in [2.45, 2.75) is 26.9 Å². The van der Waals surface area contributed by atoms with Gasteiger partial charge in [0.05, 0.1) is 11.5 Å². The Morgan fingerprint density at radius 1 is 1.50 bits per heavy atom. The van der Waals surface area contributed by atoms with Gasteiger partial charge in [-0.2, -0.15) is 0 Å². The quantitative estimate of drug-likeness (QED) is 0.865. The van der Waals surface area contributed by atoms with Gasteiger partial charge in [0, 0.05) is 10.6 Å². The summed E-state index contributed by atoms with van der Waals surface area (Å²) >= 11 is 5.84. The molecule has 1 aromatic rings. The van der Waals surface area contributed by atoms with Gasteiger partial charge in [-0.05, 0) is 39.0 Å². The smallest absolute Gasteiger partial charge is 0.312 e. The molecule has 0 aliphatic carbocycles. The monoisotopic (exact) mass is 272 g/mol. The minimum absolute atomic E-state index is 0.0175. The van der Waals surface area contributed by atoms with Gasteiger partial charge in [-0.1, -0.05) is 11.6 Å². The van der Waals surface area contributed by atoms with Gasteiger partial charge in [0.15, 0.2) is 0 Å². The minimum Gasteiger partial charge on any atom is -0.492 e. The minimum atomic E-state index is -0.990. The number of aliphatic carboxylic acids is 1. The van der Waals surface area contributed by atoms with Crippen LogP contribution in [0.4, 0.5) is 0 Å². The third-order valence-corrected chi connectivity index (χ3v) is 2.82. The lowest BCUT2D eigenvalue weighted by molar-refractivity contribution is -0.148. The number of halogens is 1. The van der Waals surface area contributed by atoms with Crippen LogP contribution in [0, 0.1) is 5.41 Å². The van der Waals surface area contributed by atoms with Crippen molar-refractivity contribution >= 4 is 17.6 Å². The molecule has 4 nitrogen and oxygen atoms in total. The van der Waals surface area contributed by atoms with Gasteiger partial charge >= 0.3 is 5.97 Å². The van der Waals surface area contributed by atoms with Crippen molar-refractivity contribution in [1.29, 1.82) is 0 Å². The van der Waals surface area contributed by atoms with Crippen molar-refractivity contribution in [2.24, 2.45) is 5.41 Å². The van der Waals surface area contributed by atoms with Gasteiger partial charge in [-0.25, -0.2) is 0 Å². The van der Waals surface area contributed by atoms with E-state index in [2.05, 4.69) is 0 Å². The lowest BCUT2D eigenvalue weighted by Crippen LogP contribution is -2.30. The van der Waals surface area contributed by atoms with E-state index in [1.807, 2.05) is 0 Å². The predicted octanol–water partition coefficient (Wildman–Crippen LogP) is 2.88. The SMILES string of the molecule is C[C@H](O)c1cc(Cl)ccc1OCC(C)(C)C(=O)O. The van der Waals surface area contributed by atoms with E-state index in [1.165, 1.54) is 0 Å². The highest BCUT2D eigenvalue weighted by atomic mass is 35.5. The Labute approximate surface area is 111 Å².